The molecule has 1 atom stereocenters. The fraction of sp³-hybridized carbons (Fsp3) is 0.750. The Kier molecular flexibility index (Phi) is 5.22. The van der Waals surface area contributed by atoms with E-state index in [0.717, 1.165) is 26.2 Å². The summed E-state index contributed by atoms with van der Waals surface area (Å²) in [5.41, 5.74) is 0. The van der Waals surface area contributed by atoms with Crippen molar-refractivity contribution in [1.29, 1.82) is 0 Å². The zero-order valence-corrected chi connectivity index (χ0v) is 11.2. The second kappa shape index (κ2) is 6.93. The van der Waals surface area contributed by atoms with Crippen LogP contribution in [-0.2, 0) is 4.74 Å². The molecule has 4 nitrogen and oxygen atoms in total. The highest BCUT2D eigenvalue weighted by Crippen LogP contribution is 2.25. The molecule has 2 heterocycles. The van der Waals surface area contributed by atoms with Crippen molar-refractivity contribution in [3.63, 3.8) is 0 Å². The molecule has 17 heavy (non-hydrogen) atoms. The monoisotopic (exact) mass is 255 g/mol. The summed E-state index contributed by atoms with van der Waals surface area (Å²) in [6.07, 6.45) is 5.77. The molecule has 1 saturated heterocycles. The van der Waals surface area contributed by atoms with Crippen LogP contribution >= 0.6 is 11.3 Å². The maximum absolute atomic E-state index is 5.04. The maximum atomic E-state index is 5.04. The molecule has 0 spiro atoms. The molecule has 1 aliphatic rings. The lowest BCUT2D eigenvalue weighted by Crippen LogP contribution is -2.46. The number of methoxy groups -OCH3 is 1. The molecular formula is C12H21N3OS. The van der Waals surface area contributed by atoms with Gasteiger partial charge in [-0.25, -0.2) is 4.98 Å². The Morgan fingerprint density at radius 3 is 3.29 bits per heavy atom. The summed E-state index contributed by atoms with van der Waals surface area (Å²) in [6, 6.07) is 0.590. The van der Waals surface area contributed by atoms with Crippen LogP contribution < -0.4 is 10.2 Å². The zero-order chi connectivity index (χ0) is 11.9. The Morgan fingerprint density at radius 2 is 2.53 bits per heavy atom. The third-order valence-corrected chi connectivity index (χ3v) is 3.96. The molecule has 0 amide bonds. The Bertz CT molecular complexity index is 305. The van der Waals surface area contributed by atoms with Crippen molar-refractivity contribution in [1.82, 2.24) is 10.3 Å². The van der Waals surface area contributed by atoms with Crippen LogP contribution in [0.1, 0.15) is 19.3 Å². The van der Waals surface area contributed by atoms with Crippen LogP contribution in [0.5, 0.6) is 0 Å². The molecule has 0 radical (unpaired) electrons. The first-order chi connectivity index (χ1) is 8.42. The molecule has 1 N–H and O–H groups in total. The standard InChI is InChI=1S/C12H21N3OS/c1-16-8-5-13-10-11-4-2-3-7-15(11)12-14-6-9-17-12/h6,9,11,13H,2-5,7-8,10H2,1H3. The summed E-state index contributed by atoms with van der Waals surface area (Å²) >= 11 is 1.74. The lowest BCUT2D eigenvalue weighted by Gasteiger charge is -2.35. The molecule has 1 aromatic heterocycles. The van der Waals surface area contributed by atoms with Gasteiger partial charge in [-0.05, 0) is 19.3 Å². The molecule has 1 fully saturated rings. The highest BCUT2D eigenvalue weighted by Gasteiger charge is 2.23. The lowest BCUT2D eigenvalue weighted by atomic mass is 10.0. The van der Waals surface area contributed by atoms with Gasteiger partial charge in [0.15, 0.2) is 5.13 Å². The molecule has 1 unspecified atom stereocenters. The van der Waals surface area contributed by atoms with Crippen LogP contribution in [0, 0.1) is 0 Å². The van der Waals surface area contributed by atoms with Gasteiger partial charge in [0.05, 0.1) is 6.61 Å². The van der Waals surface area contributed by atoms with Gasteiger partial charge >= 0.3 is 0 Å². The minimum absolute atomic E-state index is 0.590. The first-order valence-corrected chi connectivity index (χ1v) is 7.15. The summed E-state index contributed by atoms with van der Waals surface area (Å²) in [6.45, 7) is 3.88. The summed E-state index contributed by atoms with van der Waals surface area (Å²) in [7, 11) is 1.74. The van der Waals surface area contributed by atoms with E-state index in [9.17, 15) is 0 Å². The number of ether oxygens (including phenoxy) is 1. The fourth-order valence-electron chi connectivity index (χ4n) is 2.27. The van der Waals surface area contributed by atoms with Crippen LogP contribution in [0.25, 0.3) is 0 Å². The molecule has 0 aromatic carbocycles. The third-order valence-electron chi connectivity index (χ3n) is 3.16. The SMILES string of the molecule is COCCNCC1CCCCN1c1nccs1. The number of rotatable bonds is 6. The van der Waals surface area contributed by atoms with E-state index in [1.165, 1.54) is 24.4 Å². The van der Waals surface area contributed by atoms with Gasteiger partial charge in [0.1, 0.15) is 0 Å². The van der Waals surface area contributed by atoms with E-state index in [4.69, 9.17) is 4.74 Å². The van der Waals surface area contributed by atoms with Gasteiger partial charge in [0.25, 0.3) is 0 Å². The van der Waals surface area contributed by atoms with Gasteiger partial charge in [0, 0.05) is 44.4 Å². The zero-order valence-electron chi connectivity index (χ0n) is 10.4. The number of piperidine rings is 1. The molecule has 2 rings (SSSR count). The van der Waals surface area contributed by atoms with Gasteiger partial charge in [-0.3, -0.25) is 0 Å². The largest absolute Gasteiger partial charge is 0.383 e. The molecule has 0 saturated carbocycles. The second-order valence-electron chi connectivity index (χ2n) is 4.35. The second-order valence-corrected chi connectivity index (χ2v) is 5.23. The number of nitrogens with one attached hydrogen (secondary N) is 1. The predicted molar refractivity (Wildman–Crippen MR) is 71.8 cm³/mol. The highest BCUT2D eigenvalue weighted by atomic mass is 32.1. The van der Waals surface area contributed by atoms with Crippen molar-refractivity contribution in [3.8, 4) is 0 Å². The summed E-state index contributed by atoms with van der Waals surface area (Å²) in [5.74, 6) is 0. The van der Waals surface area contributed by atoms with Gasteiger partial charge in [-0.1, -0.05) is 0 Å². The minimum Gasteiger partial charge on any atom is -0.383 e. The predicted octanol–water partition coefficient (Wildman–Crippen LogP) is 1.74. The first-order valence-electron chi connectivity index (χ1n) is 6.27. The van der Waals surface area contributed by atoms with Crippen LogP contribution in [-0.4, -0.2) is 44.4 Å². The van der Waals surface area contributed by atoms with Crippen molar-refractivity contribution in [2.45, 2.75) is 25.3 Å². The smallest absolute Gasteiger partial charge is 0.185 e. The number of hydrogen-bond acceptors (Lipinski definition) is 5. The molecule has 1 aromatic rings. The van der Waals surface area contributed by atoms with Crippen LogP contribution in [0.15, 0.2) is 11.6 Å². The molecule has 96 valence electrons. The molecule has 0 aliphatic carbocycles. The average Bonchev–Trinajstić information content (AvgIpc) is 2.89. The van der Waals surface area contributed by atoms with Crippen LogP contribution in [0.3, 0.4) is 0 Å². The van der Waals surface area contributed by atoms with Crippen molar-refractivity contribution < 1.29 is 4.74 Å². The van der Waals surface area contributed by atoms with Crippen molar-refractivity contribution in [2.24, 2.45) is 0 Å². The van der Waals surface area contributed by atoms with Gasteiger partial charge in [0.2, 0.25) is 0 Å². The van der Waals surface area contributed by atoms with Gasteiger partial charge in [-0.15, -0.1) is 11.3 Å². The van der Waals surface area contributed by atoms with E-state index in [1.807, 2.05) is 6.20 Å². The number of nitrogens with zero attached hydrogens (tertiary/aromatic N) is 2. The number of hydrogen-bond donors (Lipinski definition) is 1. The van der Waals surface area contributed by atoms with E-state index in [2.05, 4.69) is 20.6 Å². The van der Waals surface area contributed by atoms with Crippen molar-refractivity contribution >= 4 is 16.5 Å². The topological polar surface area (TPSA) is 37.4 Å². The van der Waals surface area contributed by atoms with Gasteiger partial charge in [-0.2, -0.15) is 0 Å². The number of anilines is 1. The normalized spacial score (nSPS) is 20.8. The fourth-order valence-corrected chi connectivity index (χ4v) is 3.01. The van der Waals surface area contributed by atoms with Crippen LogP contribution in [0.2, 0.25) is 0 Å². The third kappa shape index (κ3) is 3.66. The van der Waals surface area contributed by atoms with E-state index in [1.54, 1.807) is 18.4 Å². The van der Waals surface area contributed by atoms with E-state index >= 15 is 0 Å². The summed E-state index contributed by atoms with van der Waals surface area (Å²) in [4.78, 5) is 6.88. The summed E-state index contributed by atoms with van der Waals surface area (Å²) < 4.78 is 5.04. The molecule has 5 heteroatoms. The highest BCUT2D eigenvalue weighted by molar-refractivity contribution is 7.13. The molecule has 1 aliphatic heterocycles. The van der Waals surface area contributed by atoms with Crippen molar-refractivity contribution in [3.05, 3.63) is 11.6 Å². The average molecular weight is 255 g/mol. The summed E-state index contributed by atoms with van der Waals surface area (Å²) in [5, 5.41) is 6.68. The Balaban J connectivity index is 1.84. The Labute approximate surface area is 107 Å². The van der Waals surface area contributed by atoms with E-state index in [-0.39, 0.29) is 0 Å². The Hall–Kier alpha value is -0.650. The minimum atomic E-state index is 0.590. The lowest BCUT2D eigenvalue weighted by molar-refractivity contribution is 0.198. The van der Waals surface area contributed by atoms with E-state index in [0.29, 0.717) is 6.04 Å². The van der Waals surface area contributed by atoms with Crippen molar-refractivity contribution in [2.75, 3.05) is 38.3 Å². The Morgan fingerprint density at radius 1 is 1.59 bits per heavy atom. The quantitative estimate of drug-likeness (QED) is 0.786. The maximum Gasteiger partial charge on any atom is 0.185 e. The van der Waals surface area contributed by atoms with E-state index < -0.39 is 0 Å². The first kappa shape index (κ1) is 12.8. The van der Waals surface area contributed by atoms with Crippen LogP contribution in [0.4, 0.5) is 5.13 Å². The molecule has 0 bridgehead atoms. The molecular weight excluding hydrogens is 234 g/mol. The van der Waals surface area contributed by atoms with Gasteiger partial charge < -0.3 is 15.0 Å². The number of thiazole rings is 1. The number of aromatic nitrogens is 1.